The van der Waals surface area contributed by atoms with Gasteiger partial charge in [0.15, 0.2) is 0 Å². The minimum Gasteiger partial charge on any atom is -0.398 e. The third-order valence-electron chi connectivity index (χ3n) is 1.70. The van der Waals surface area contributed by atoms with Crippen molar-refractivity contribution in [3.8, 4) is 0 Å². The van der Waals surface area contributed by atoms with Crippen LogP contribution in [0.1, 0.15) is 28.2 Å². The average molecular weight is 221 g/mol. The molecule has 0 aliphatic heterocycles. The van der Waals surface area contributed by atoms with Crippen LogP contribution in [0.15, 0.2) is 6.07 Å². The molecule has 0 spiro atoms. The SMILES string of the molecule is Cc1nc(C(=O)Cl)cc(N)c1C(F)F. The topological polar surface area (TPSA) is 56.0 Å². The number of rotatable bonds is 2. The normalized spacial score (nSPS) is 10.6. The fourth-order valence-corrected chi connectivity index (χ4v) is 1.19. The van der Waals surface area contributed by atoms with Crippen LogP contribution in [0.25, 0.3) is 0 Å². The Morgan fingerprint density at radius 3 is 2.57 bits per heavy atom. The first kappa shape index (κ1) is 10.8. The van der Waals surface area contributed by atoms with Gasteiger partial charge in [-0.25, -0.2) is 13.8 Å². The molecule has 0 saturated carbocycles. The van der Waals surface area contributed by atoms with E-state index in [1.807, 2.05) is 0 Å². The standard InChI is InChI=1S/C8H7ClF2N2O/c1-3-6(8(10)11)4(12)2-5(13-3)7(9)14/h2,8H,1H3,(H2,12,13). The zero-order valence-corrected chi connectivity index (χ0v) is 7.98. The molecule has 76 valence electrons. The molecule has 1 heterocycles. The van der Waals surface area contributed by atoms with E-state index < -0.39 is 11.7 Å². The number of aromatic nitrogens is 1. The maximum absolute atomic E-state index is 12.4. The Morgan fingerprint density at radius 2 is 2.21 bits per heavy atom. The van der Waals surface area contributed by atoms with Gasteiger partial charge in [0.25, 0.3) is 11.7 Å². The Morgan fingerprint density at radius 1 is 1.64 bits per heavy atom. The molecule has 0 amide bonds. The smallest absolute Gasteiger partial charge is 0.270 e. The second kappa shape index (κ2) is 3.88. The predicted molar refractivity (Wildman–Crippen MR) is 48.5 cm³/mol. The van der Waals surface area contributed by atoms with E-state index in [1.165, 1.54) is 6.92 Å². The van der Waals surface area contributed by atoms with Crippen molar-refractivity contribution in [2.45, 2.75) is 13.3 Å². The van der Waals surface area contributed by atoms with Gasteiger partial charge >= 0.3 is 0 Å². The largest absolute Gasteiger partial charge is 0.398 e. The highest BCUT2D eigenvalue weighted by atomic mass is 35.5. The molecule has 0 radical (unpaired) electrons. The number of hydrogen-bond acceptors (Lipinski definition) is 3. The molecule has 3 nitrogen and oxygen atoms in total. The molecule has 0 aliphatic carbocycles. The number of nitrogen functional groups attached to an aromatic ring is 1. The van der Waals surface area contributed by atoms with E-state index in [0.717, 1.165) is 6.07 Å². The molecule has 0 saturated heterocycles. The van der Waals surface area contributed by atoms with Gasteiger partial charge in [-0.1, -0.05) is 0 Å². The average Bonchev–Trinajstić information content (AvgIpc) is 2.01. The fourth-order valence-electron chi connectivity index (χ4n) is 1.09. The van der Waals surface area contributed by atoms with Crippen LogP contribution in [0.2, 0.25) is 0 Å². The Balaban J connectivity index is 3.32. The number of pyridine rings is 1. The molecule has 2 N–H and O–H groups in total. The Bertz CT molecular complexity index is 359. The zero-order valence-electron chi connectivity index (χ0n) is 7.22. The lowest BCUT2D eigenvalue weighted by Gasteiger charge is -2.08. The number of hydrogen-bond donors (Lipinski definition) is 1. The molecular formula is C8H7ClF2N2O. The van der Waals surface area contributed by atoms with Gasteiger partial charge in [-0.05, 0) is 24.6 Å². The zero-order chi connectivity index (χ0) is 10.9. The number of alkyl halides is 2. The van der Waals surface area contributed by atoms with E-state index in [-0.39, 0.29) is 22.6 Å². The molecule has 0 aliphatic rings. The predicted octanol–water partition coefficient (Wildman–Crippen LogP) is 2.29. The van der Waals surface area contributed by atoms with Crippen LogP contribution in [0.4, 0.5) is 14.5 Å². The quantitative estimate of drug-likeness (QED) is 0.778. The van der Waals surface area contributed by atoms with Gasteiger partial charge in [0, 0.05) is 11.4 Å². The van der Waals surface area contributed by atoms with Gasteiger partial charge in [-0.3, -0.25) is 4.79 Å². The summed E-state index contributed by atoms with van der Waals surface area (Å²) < 4.78 is 24.8. The first-order chi connectivity index (χ1) is 6.43. The lowest BCUT2D eigenvalue weighted by molar-refractivity contribution is 0.107. The van der Waals surface area contributed by atoms with Gasteiger partial charge < -0.3 is 5.73 Å². The summed E-state index contributed by atoms with van der Waals surface area (Å²) >= 11 is 5.13. The van der Waals surface area contributed by atoms with Crippen LogP contribution in [0, 0.1) is 6.92 Å². The highest BCUT2D eigenvalue weighted by Gasteiger charge is 2.18. The summed E-state index contributed by atoms with van der Waals surface area (Å²) in [6.07, 6.45) is -2.71. The van der Waals surface area contributed by atoms with E-state index in [4.69, 9.17) is 17.3 Å². The molecular weight excluding hydrogens is 214 g/mol. The van der Waals surface area contributed by atoms with Crippen molar-refractivity contribution in [3.05, 3.63) is 23.0 Å². The highest BCUT2D eigenvalue weighted by molar-refractivity contribution is 6.67. The van der Waals surface area contributed by atoms with E-state index in [2.05, 4.69) is 4.98 Å². The van der Waals surface area contributed by atoms with Crippen molar-refractivity contribution in [2.75, 3.05) is 5.73 Å². The Hall–Kier alpha value is -1.23. The van der Waals surface area contributed by atoms with Gasteiger partial charge in [0.1, 0.15) is 5.69 Å². The minimum atomic E-state index is -2.71. The molecule has 1 aromatic heterocycles. The summed E-state index contributed by atoms with van der Waals surface area (Å²) in [6, 6.07) is 1.05. The van der Waals surface area contributed by atoms with Gasteiger partial charge in [0.2, 0.25) is 0 Å². The number of aryl methyl sites for hydroxylation is 1. The summed E-state index contributed by atoms with van der Waals surface area (Å²) in [5.74, 6) is 0. The highest BCUT2D eigenvalue weighted by Crippen LogP contribution is 2.28. The molecule has 1 aromatic rings. The summed E-state index contributed by atoms with van der Waals surface area (Å²) in [6.45, 7) is 1.35. The molecule has 0 aromatic carbocycles. The number of carbonyl (C=O) groups excluding carboxylic acids is 1. The van der Waals surface area contributed by atoms with Gasteiger partial charge in [-0.15, -0.1) is 0 Å². The Kier molecular flexibility index (Phi) is 3.00. The lowest BCUT2D eigenvalue weighted by atomic mass is 10.1. The van der Waals surface area contributed by atoms with Crippen LogP contribution >= 0.6 is 11.6 Å². The minimum absolute atomic E-state index is 0.0176. The molecule has 0 bridgehead atoms. The fraction of sp³-hybridized carbons (Fsp3) is 0.250. The monoisotopic (exact) mass is 220 g/mol. The molecule has 0 unspecified atom stereocenters. The molecule has 6 heteroatoms. The second-order valence-corrected chi connectivity index (χ2v) is 3.01. The van der Waals surface area contributed by atoms with E-state index in [9.17, 15) is 13.6 Å². The van der Waals surface area contributed by atoms with Gasteiger partial charge in [0.05, 0.1) is 5.56 Å². The third kappa shape index (κ3) is 1.98. The van der Waals surface area contributed by atoms with E-state index in [0.29, 0.717) is 0 Å². The van der Waals surface area contributed by atoms with Crippen molar-refractivity contribution < 1.29 is 13.6 Å². The van der Waals surface area contributed by atoms with Crippen molar-refractivity contribution in [2.24, 2.45) is 0 Å². The summed E-state index contributed by atoms with van der Waals surface area (Å²) in [5, 5.41) is -0.819. The summed E-state index contributed by atoms with van der Waals surface area (Å²) in [7, 11) is 0. The summed E-state index contributed by atoms with van der Waals surface area (Å²) in [4.78, 5) is 14.3. The maximum Gasteiger partial charge on any atom is 0.270 e. The van der Waals surface area contributed by atoms with E-state index in [1.54, 1.807) is 0 Å². The van der Waals surface area contributed by atoms with Crippen LogP contribution in [-0.4, -0.2) is 10.2 Å². The molecule has 0 fully saturated rings. The number of carbonyl (C=O) groups is 1. The number of halogens is 3. The first-order valence-corrected chi connectivity index (χ1v) is 4.06. The second-order valence-electron chi connectivity index (χ2n) is 2.67. The van der Waals surface area contributed by atoms with Crippen LogP contribution < -0.4 is 5.73 Å². The lowest BCUT2D eigenvalue weighted by Crippen LogP contribution is -2.05. The van der Waals surface area contributed by atoms with E-state index >= 15 is 0 Å². The Labute approximate surface area is 83.9 Å². The number of anilines is 1. The van der Waals surface area contributed by atoms with Crippen LogP contribution in [0.3, 0.4) is 0 Å². The van der Waals surface area contributed by atoms with Crippen LogP contribution in [-0.2, 0) is 0 Å². The summed E-state index contributed by atoms with van der Waals surface area (Å²) in [5.41, 5.74) is 4.70. The van der Waals surface area contributed by atoms with Crippen LogP contribution in [0.5, 0.6) is 0 Å². The third-order valence-corrected chi connectivity index (χ3v) is 1.89. The number of nitrogens with zero attached hydrogens (tertiary/aromatic N) is 1. The maximum atomic E-state index is 12.4. The number of nitrogens with two attached hydrogens (primary N) is 1. The molecule has 0 atom stereocenters. The van der Waals surface area contributed by atoms with Crippen molar-refractivity contribution in [1.82, 2.24) is 4.98 Å². The molecule has 1 rings (SSSR count). The van der Waals surface area contributed by atoms with Crippen molar-refractivity contribution in [1.29, 1.82) is 0 Å². The van der Waals surface area contributed by atoms with Crippen molar-refractivity contribution in [3.63, 3.8) is 0 Å². The molecule has 14 heavy (non-hydrogen) atoms. The van der Waals surface area contributed by atoms with Crippen molar-refractivity contribution >= 4 is 22.5 Å². The first-order valence-electron chi connectivity index (χ1n) is 3.68. The van der Waals surface area contributed by atoms with Gasteiger partial charge in [-0.2, -0.15) is 0 Å².